The number of rotatable bonds is 26. The van der Waals surface area contributed by atoms with Crippen LogP contribution in [0.25, 0.3) is 87.0 Å². The van der Waals surface area contributed by atoms with Crippen LogP contribution in [-0.4, -0.2) is 172 Å². The van der Waals surface area contributed by atoms with Crippen molar-refractivity contribution in [3.05, 3.63) is 169 Å². The van der Waals surface area contributed by atoms with Gasteiger partial charge in [-0.3, -0.25) is 38.4 Å². The van der Waals surface area contributed by atoms with E-state index in [2.05, 4.69) is 96.3 Å². The molecule has 0 spiro atoms. The van der Waals surface area contributed by atoms with Crippen molar-refractivity contribution in [2.75, 3.05) is 93.9 Å². The zero-order chi connectivity index (χ0) is 89.7. The summed E-state index contributed by atoms with van der Waals surface area (Å²) in [6.07, 6.45) is 38.1. The van der Waals surface area contributed by atoms with E-state index in [4.69, 9.17) is 36.6 Å². The number of likely N-dealkylation sites (N-methyl/N-ethyl adjacent to an activating group) is 4. The maximum atomic E-state index is 12.5. The molecule has 20 nitrogen and oxygen atoms in total. The molecule has 0 amide bonds. The Kier molecular flexibility index (Phi) is 30.0. The number of hydrogen-bond acceptors (Lipinski definition) is 20. The molecule has 8 fully saturated rings. The lowest BCUT2D eigenvalue weighted by Crippen LogP contribution is -2.36. The number of ketones is 8. The summed E-state index contributed by atoms with van der Waals surface area (Å²) in [5.41, 5.74) is 6.74. The first kappa shape index (κ1) is 91.3. The number of benzene rings is 8. The van der Waals surface area contributed by atoms with Gasteiger partial charge in [-0.05, 0) is 257 Å². The molecule has 20 heteroatoms. The minimum absolute atomic E-state index is 0.00277. The highest BCUT2D eigenvalue weighted by Crippen LogP contribution is 2.45. The van der Waals surface area contributed by atoms with Crippen molar-refractivity contribution in [2.45, 2.75) is 241 Å². The summed E-state index contributed by atoms with van der Waals surface area (Å²) in [6.45, 7) is 8.68. The minimum atomic E-state index is -0.259. The van der Waals surface area contributed by atoms with Crippen molar-refractivity contribution >= 4 is 133 Å². The predicted molar refractivity (Wildman–Crippen MR) is 510 cm³/mol. The van der Waals surface area contributed by atoms with Gasteiger partial charge in [0.2, 0.25) is 0 Å². The molecule has 12 aromatic rings. The first-order chi connectivity index (χ1) is 63.4. The monoisotopic (exact) mass is 1760 g/mol. The van der Waals surface area contributed by atoms with Crippen molar-refractivity contribution in [1.82, 2.24) is 19.6 Å². The number of Topliss-reactive ketones (excluding diaryl/α,β-unsaturated/α-hetero) is 8. The van der Waals surface area contributed by atoms with Crippen molar-refractivity contribution in [3.63, 3.8) is 0 Å². The fourth-order valence-electron chi connectivity index (χ4n) is 22.1. The van der Waals surface area contributed by atoms with E-state index in [9.17, 15) is 38.4 Å². The molecule has 684 valence electrons. The Bertz CT molecular complexity index is 5690. The predicted octanol–water partition coefficient (Wildman–Crippen LogP) is 23.0. The Morgan fingerprint density at radius 2 is 0.531 bits per heavy atom. The molecule has 4 heterocycles. The van der Waals surface area contributed by atoms with E-state index in [1.165, 1.54) is 128 Å². The molecule has 0 saturated heterocycles. The maximum absolute atomic E-state index is 12.5. The van der Waals surface area contributed by atoms with Gasteiger partial charge in [0.1, 0.15) is 118 Å². The van der Waals surface area contributed by atoms with Crippen LogP contribution < -0.4 is 18.9 Å². The van der Waals surface area contributed by atoms with Crippen LogP contribution >= 0.6 is 0 Å². The van der Waals surface area contributed by atoms with Gasteiger partial charge in [-0.15, -0.1) is 0 Å². The molecular weight excluding hydrogens is 1630 g/mol. The van der Waals surface area contributed by atoms with E-state index in [0.29, 0.717) is 89.9 Å². The molecule has 4 aromatic heterocycles. The Morgan fingerprint density at radius 1 is 0.285 bits per heavy atom. The first-order valence-electron chi connectivity index (χ1n) is 48.6. The fourth-order valence-corrected chi connectivity index (χ4v) is 22.1. The third-order valence-electron chi connectivity index (χ3n) is 29.5. The van der Waals surface area contributed by atoms with Gasteiger partial charge >= 0.3 is 0 Å². The Hall–Kier alpha value is -10.6. The lowest BCUT2D eigenvalue weighted by Gasteiger charge is -2.31. The number of ether oxygens (including phenoxy) is 4. The second-order valence-corrected chi connectivity index (χ2v) is 38.6. The minimum Gasteiger partial charge on any atom is -0.492 e. The normalized spacial score (nSPS) is 20.4. The molecule has 8 saturated carbocycles. The van der Waals surface area contributed by atoms with Gasteiger partial charge in [0, 0.05) is 145 Å². The molecule has 0 aliphatic heterocycles. The lowest BCUT2D eigenvalue weighted by molar-refractivity contribution is -0.132. The number of hydrogen-bond donors (Lipinski definition) is 0. The van der Waals surface area contributed by atoms with E-state index in [1.54, 1.807) is 25.1 Å². The fraction of sp³-hybridized carbons (Fsp3) is 0.491. The van der Waals surface area contributed by atoms with Crippen LogP contribution in [0.15, 0.2) is 164 Å². The average Bonchev–Trinajstić information content (AvgIpc) is 1.61. The first-order valence-corrected chi connectivity index (χ1v) is 48.6. The molecule has 8 aliphatic rings. The van der Waals surface area contributed by atoms with Gasteiger partial charge in [-0.1, -0.05) is 101 Å². The van der Waals surface area contributed by atoms with Crippen LogP contribution in [0.2, 0.25) is 0 Å². The molecule has 0 radical (unpaired) electrons. The summed E-state index contributed by atoms with van der Waals surface area (Å²) < 4.78 is 47.5. The average molecular weight is 1760 g/mol. The van der Waals surface area contributed by atoms with E-state index in [0.717, 1.165) is 183 Å². The van der Waals surface area contributed by atoms with Gasteiger partial charge in [0.15, 0.2) is 0 Å². The third-order valence-corrected chi connectivity index (χ3v) is 29.5. The molecule has 20 rings (SSSR count). The second-order valence-electron chi connectivity index (χ2n) is 38.6. The zero-order valence-electron chi connectivity index (χ0n) is 76.5. The summed E-state index contributed by atoms with van der Waals surface area (Å²) in [5, 5.41) is 12.4. The number of carbonyl (C=O) groups is 8. The Morgan fingerprint density at radius 3 is 0.785 bits per heavy atom. The number of nitrogens with zero attached hydrogens (tertiary/aromatic N) is 4. The molecule has 4 atom stereocenters. The Balaban J connectivity index is 0.000000121. The molecule has 0 bridgehead atoms. The third kappa shape index (κ3) is 21.9. The van der Waals surface area contributed by atoms with Crippen molar-refractivity contribution in [2.24, 2.45) is 11.8 Å². The summed E-state index contributed by atoms with van der Waals surface area (Å²) in [5.74, 6) is 4.26. The van der Waals surface area contributed by atoms with E-state index in [1.807, 2.05) is 72.8 Å². The van der Waals surface area contributed by atoms with E-state index >= 15 is 0 Å². The second kappa shape index (κ2) is 42.7. The van der Waals surface area contributed by atoms with Crippen molar-refractivity contribution in [1.29, 1.82) is 0 Å². The highest BCUT2D eigenvalue weighted by atomic mass is 16.5. The van der Waals surface area contributed by atoms with Gasteiger partial charge in [-0.2, -0.15) is 0 Å². The highest BCUT2D eigenvalue weighted by Gasteiger charge is 2.37. The van der Waals surface area contributed by atoms with Gasteiger partial charge in [-0.25, -0.2) is 0 Å². The number of furan rings is 4. The zero-order valence-corrected chi connectivity index (χ0v) is 76.5. The molecular formula is C110H128N4O16. The summed E-state index contributed by atoms with van der Waals surface area (Å²) in [6, 6.07) is 41.9. The van der Waals surface area contributed by atoms with Crippen LogP contribution in [-0.2, 0) is 38.4 Å². The van der Waals surface area contributed by atoms with Crippen LogP contribution in [0, 0.1) is 11.8 Å². The molecule has 0 N–H and O–H groups in total. The van der Waals surface area contributed by atoms with E-state index in [-0.39, 0.29) is 95.6 Å². The standard InChI is InChI=1S/2C28H33NO4.2C27H31NO4/c2*1-29(17-19-5-3-2-4-6-19)13-14-32-22-9-11-23-20(15-22)7-12-27-28(23)25(18-33-27)24-10-8-21(30)16-26(24)31;2*1-28(19-5-3-2-4-6-19)13-14-31-21-9-11-22-18(15-21)7-12-26-27(22)24(17-32-26)23-10-8-20(29)16-25(23)30/h2*7,9,11-12,15,18-19,24H,2-6,8,10,13-14,16-17H2,1H3;2*7,9,11-12,15,17,19,23H,2-6,8,10,13-14,16H2,1H3/t2*24-;2*23-/m1010/s1. The van der Waals surface area contributed by atoms with E-state index < -0.39 is 0 Å². The van der Waals surface area contributed by atoms with Crippen LogP contribution in [0.1, 0.15) is 251 Å². The number of carbonyl (C=O) groups excluding carboxylic acids is 8. The highest BCUT2D eigenvalue weighted by molar-refractivity contribution is 6.16. The Labute approximate surface area is 762 Å². The summed E-state index contributed by atoms with van der Waals surface area (Å²) in [4.78, 5) is 106. The van der Waals surface area contributed by atoms with Gasteiger partial charge in [0.05, 0.1) is 50.7 Å². The largest absolute Gasteiger partial charge is 0.492 e. The van der Waals surface area contributed by atoms with Gasteiger partial charge in [0.25, 0.3) is 0 Å². The summed E-state index contributed by atoms with van der Waals surface area (Å²) >= 11 is 0. The lowest BCUT2D eigenvalue weighted by atomic mass is 9.81. The molecule has 130 heavy (non-hydrogen) atoms. The van der Waals surface area contributed by atoms with Crippen molar-refractivity contribution < 1.29 is 75.0 Å². The maximum Gasteiger partial charge on any atom is 0.147 e. The van der Waals surface area contributed by atoms with Crippen LogP contribution in [0.5, 0.6) is 23.0 Å². The number of fused-ring (bicyclic) bond motifs is 12. The van der Waals surface area contributed by atoms with Crippen LogP contribution in [0.4, 0.5) is 0 Å². The smallest absolute Gasteiger partial charge is 0.147 e. The quantitative estimate of drug-likeness (QED) is 0.0458. The van der Waals surface area contributed by atoms with Gasteiger partial charge < -0.3 is 56.2 Å². The summed E-state index contributed by atoms with van der Waals surface area (Å²) in [7, 11) is 8.79. The molecule has 0 unspecified atom stereocenters. The topological polar surface area (TPSA) is 239 Å². The molecule has 8 aromatic carbocycles. The SMILES string of the molecule is CN(CCOc1ccc2c(ccc3occ([C@@H]4CCC(=O)CC4=O)c32)c1)C1CCCCC1.CN(CCOc1ccc2c(ccc3occ([C@@H]4CCC(=O)CC4=O)c32)c1)CC1CCCCC1.CN(CCOc1ccc2c(ccc3occ([C@H]4CCC(=O)CC4=O)c32)c1)C1CCCCC1.CN(CCOc1ccc2c(ccc3occ([C@H]4CCC(=O)CC4=O)c32)c1)CC1CCCCC1. The van der Waals surface area contributed by atoms with Crippen LogP contribution in [0.3, 0.4) is 0 Å². The van der Waals surface area contributed by atoms with Crippen molar-refractivity contribution in [3.8, 4) is 23.0 Å². The molecule has 8 aliphatic carbocycles.